The van der Waals surface area contributed by atoms with Crippen LogP contribution < -0.4 is 5.56 Å². The number of aromatic amines is 3. The number of rotatable bonds is 2. The van der Waals surface area contributed by atoms with Crippen molar-refractivity contribution in [2.45, 2.75) is 19.8 Å². The van der Waals surface area contributed by atoms with Gasteiger partial charge in [0.05, 0.1) is 27.8 Å². The number of nitrogens with one attached hydrogen (secondary N) is 3. The number of halogens is 1. The van der Waals surface area contributed by atoms with Gasteiger partial charge in [-0.15, -0.1) is 0 Å². The molecule has 1 aliphatic rings. The summed E-state index contributed by atoms with van der Waals surface area (Å²) in [5, 5.41) is 6.94. The van der Waals surface area contributed by atoms with Gasteiger partial charge < -0.3 is 14.9 Å². The molecule has 8 nitrogen and oxygen atoms in total. The van der Waals surface area contributed by atoms with Crippen molar-refractivity contribution in [3.05, 3.63) is 44.8 Å². The van der Waals surface area contributed by atoms with E-state index in [9.17, 15) is 9.59 Å². The van der Waals surface area contributed by atoms with Gasteiger partial charge in [0.1, 0.15) is 16.9 Å². The topological polar surface area (TPSA) is 111 Å². The average molecular weight is 397 g/mol. The SMILES string of the molecule is Cc1cc2[nH]c(-c3c(Cl)c4[nH]ncc4[nH]c3=O)nc2cc1C(=O)N1CCCC1. The van der Waals surface area contributed by atoms with Crippen molar-refractivity contribution in [3.8, 4) is 11.4 Å². The van der Waals surface area contributed by atoms with E-state index in [0.717, 1.165) is 37.0 Å². The number of likely N-dealkylation sites (tertiary alicyclic amines) is 1. The first kappa shape index (κ1) is 17.0. The van der Waals surface area contributed by atoms with Crippen LogP contribution in [0.1, 0.15) is 28.8 Å². The van der Waals surface area contributed by atoms with Crippen LogP contribution in [0, 0.1) is 6.92 Å². The Morgan fingerprint density at radius 1 is 1.18 bits per heavy atom. The van der Waals surface area contributed by atoms with Crippen molar-refractivity contribution in [1.82, 2.24) is 30.0 Å². The first-order valence-electron chi connectivity index (χ1n) is 9.08. The number of nitrogens with zero attached hydrogens (tertiary/aromatic N) is 3. The van der Waals surface area contributed by atoms with E-state index in [0.29, 0.717) is 27.9 Å². The van der Waals surface area contributed by atoms with Crippen LogP contribution in [0.2, 0.25) is 5.02 Å². The number of H-pyrrole nitrogens is 3. The van der Waals surface area contributed by atoms with Gasteiger partial charge in [0.25, 0.3) is 11.5 Å². The molecule has 0 atom stereocenters. The van der Waals surface area contributed by atoms with E-state index in [-0.39, 0.29) is 22.1 Å². The highest BCUT2D eigenvalue weighted by Gasteiger charge is 2.23. The molecular weight excluding hydrogens is 380 g/mol. The van der Waals surface area contributed by atoms with E-state index < -0.39 is 0 Å². The molecule has 1 saturated heterocycles. The van der Waals surface area contributed by atoms with E-state index in [1.54, 1.807) is 6.07 Å². The zero-order valence-corrected chi connectivity index (χ0v) is 15.9. The Balaban J connectivity index is 1.65. The molecule has 0 saturated carbocycles. The molecule has 1 amide bonds. The van der Waals surface area contributed by atoms with Crippen LogP contribution in [0.25, 0.3) is 33.5 Å². The van der Waals surface area contributed by atoms with Gasteiger partial charge >= 0.3 is 0 Å². The maximum Gasteiger partial charge on any atom is 0.261 e. The zero-order valence-electron chi connectivity index (χ0n) is 15.1. The first-order chi connectivity index (χ1) is 13.5. The molecule has 0 unspecified atom stereocenters. The lowest BCUT2D eigenvalue weighted by molar-refractivity contribution is 0.0792. The molecule has 3 N–H and O–H groups in total. The third-order valence-electron chi connectivity index (χ3n) is 5.24. The molecule has 1 fully saturated rings. The molecule has 142 valence electrons. The fraction of sp³-hybridized carbons (Fsp3) is 0.263. The summed E-state index contributed by atoms with van der Waals surface area (Å²) in [5.74, 6) is 0.374. The van der Waals surface area contributed by atoms with Crippen LogP contribution in [-0.2, 0) is 0 Å². The molecule has 0 radical (unpaired) electrons. The Labute approximate surface area is 163 Å². The monoisotopic (exact) mass is 396 g/mol. The van der Waals surface area contributed by atoms with Gasteiger partial charge in [-0.05, 0) is 37.5 Å². The largest absolute Gasteiger partial charge is 0.339 e. The predicted octanol–water partition coefficient (Wildman–Crippen LogP) is 2.99. The van der Waals surface area contributed by atoms with Crippen LogP contribution >= 0.6 is 11.6 Å². The van der Waals surface area contributed by atoms with Crippen molar-refractivity contribution in [1.29, 1.82) is 0 Å². The van der Waals surface area contributed by atoms with Crippen LogP contribution in [0.5, 0.6) is 0 Å². The van der Waals surface area contributed by atoms with Crippen LogP contribution in [-0.4, -0.2) is 49.0 Å². The average Bonchev–Trinajstić information content (AvgIpc) is 3.40. The number of pyridine rings is 1. The summed E-state index contributed by atoms with van der Waals surface area (Å²) in [7, 11) is 0. The third-order valence-corrected chi connectivity index (χ3v) is 5.62. The summed E-state index contributed by atoms with van der Waals surface area (Å²) >= 11 is 6.44. The number of hydrogen-bond donors (Lipinski definition) is 3. The van der Waals surface area contributed by atoms with E-state index in [1.807, 2.05) is 17.9 Å². The number of benzene rings is 1. The maximum absolute atomic E-state index is 12.8. The smallest absolute Gasteiger partial charge is 0.261 e. The molecule has 1 aliphatic heterocycles. The Morgan fingerprint density at radius 3 is 2.75 bits per heavy atom. The maximum atomic E-state index is 12.8. The van der Waals surface area contributed by atoms with Gasteiger partial charge in [-0.2, -0.15) is 5.10 Å². The van der Waals surface area contributed by atoms with Crippen LogP contribution in [0.3, 0.4) is 0 Å². The Hall–Kier alpha value is -3.13. The molecule has 4 heterocycles. The fourth-order valence-electron chi connectivity index (χ4n) is 3.77. The Bertz CT molecular complexity index is 1300. The quantitative estimate of drug-likeness (QED) is 0.483. The predicted molar refractivity (Wildman–Crippen MR) is 107 cm³/mol. The highest BCUT2D eigenvalue weighted by Crippen LogP contribution is 2.30. The lowest BCUT2D eigenvalue weighted by atomic mass is 10.1. The summed E-state index contributed by atoms with van der Waals surface area (Å²) in [6, 6.07) is 3.66. The molecule has 0 aliphatic carbocycles. The van der Waals surface area contributed by atoms with Crippen molar-refractivity contribution >= 4 is 39.6 Å². The van der Waals surface area contributed by atoms with Gasteiger partial charge in [0.15, 0.2) is 0 Å². The normalized spacial score (nSPS) is 14.4. The second kappa shape index (κ2) is 6.20. The minimum Gasteiger partial charge on any atom is -0.339 e. The van der Waals surface area contributed by atoms with E-state index in [2.05, 4.69) is 25.1 Å². The van der Waals surface area contributed by atoms with Gasteiger partial charge in [0.2, 0.25) is 0 Å². The summed E-state index contributed by atoms with van der Waals surface area (Å²) < 4.78 is 0. The number of fused-ring (bicyclic) bond motifs is 2. The molecule has 0 bridgehead atoms. The van der Waals surface area contributed by atoms with Gasteiger partial charge in [-0.25, -0.2) is 4.98 Å². The van der Waals surface area contributed by atoms with Crippen LogP contribution in [0.4, 0.5) is 0 Å². The summed E-state index contributed by atoms with van der Waals surface area (Å²) in [4.78, 5) is 37.7. The van der Waals surface area contributed by atoms with Crippen molar-refractivity contribution < 1.29 is 4.79 Å². The molecule has 9 heteroatoms. The standard InChI is InChI=1S/C19H17ClN6O2/c1-9-6-11-12(7-10(9)19(28)26-4-2-3-5-26)23-17(22-11)14-15(20)16-13(8-21-25-16)24-18(14)27/h6-8H,2-5H2,1H3,(H,21,25)(H,22,23)(H,24,27). The number of imidazole rings is 1. The van der Waals surface area contributed by atoms with Crippen molar-refractivity contribution in [2.24, 2.45) is 0 Å². The Kier molecular flexibility index (Phi) is 3.77. The third kappa shape index (κ3) is 2.52. The van der Waals surface area contributed by atoms with Crippen molar-refractivity contribution in [2.75, 3.05) is 13.1 Å². The number of aromatic nitrogens is 5. The molecule has 28 heavy (non-hydrogen) atoms. The summed E-state index contributed by atoms with van der Waals surface area (Å²) in [5.41, 5.74) is 3.80. The second-order valence-electron chi connectivity index (χ2n) is 7.07. The fourth-order valence-corrected chi connectivity index (χ4v) is 4.09. The highest BCUT2D eigenvalue weighted by atomic mass is 35.5. The lowest BCUT2D eigenvalue weighted by Gasteiger charge is -2.16. The summed E-state index contributed by atoms with van der Waals surface area (Å²) in [6.45, 7) is 3.48. The second-order valence-corrected chi connectivity index (χ2v) is 7.45. The molecule has 3 aromatic heterocycles. The van der Waals surface area contributed by atoms with E-state index in [4.69, 9.17) is 11.6 Å². The van der Waals surface area contributed by atoms with Gasteiger partial charge in [-0.1, -0.05) is 11.6 Å². The van der Waals surface area contributed by atoms with E-state index >= 15 is 0 Å². The number of amides is 1. The number of carbonyl (C=O) groups is 1. The zero-order chi connectivity index (χ0) is 19.4. The minimum absolute atomic E-state index is 0.0243. The van der Waals surface area contributed by atoms with Crippen LogP contribution in [0.15, 0.2) is 23.1 Å². The minimum atomic E-state index is -0.358. The molecule has 4 aromatic rings. The summed E-state index contributed by atoms with van der Waals surface area (Å²) in [6.07, 6.45) is 3.58. The van der Waals surface area contributed by atoms with E-state index in [1.165, 1.54) is 6.20 Å². The molecule has 5 rings (SSSR count). The molecule has 0 spiro atoms. The van der Waals surface area contributed by atoms with Crippen molar-refractivity contribution in [3.63, 3.8) is 0 Å². The van der Waals surface area contributed by atoms with Gasteiger partial charge in [-0.3, -0.25) is 14.7 Å². The molecular formula is C19H17ClN6O2. The number of aryl methyl sites for hydroxylation is 1. The highest BCUT2D eigenvalue weighted by molar-refractivity contribution is 6.37. The number of hydrogen-bond acceptors (Lipinski definition) is 4. The first-order valence-corrected chi connectivity index (χ1v) is 9.45. The number of carbonyl (C=O) groups excluding carboxylic acids is 1. The van der Waals surface area contributed by atoms with Gasteiger partial charge in [0, 0.05) is 18.7 Å². The lowest BCUT2D eigenvalue weighted by Crippen LogP contribution is -2.28. The molecule has 1 aromatic carbocycles. The Morgan fingerprint density at radius 2 is 1.96 bits per heavy atom.